The van der Waals surface area contributed by atoms with Crippen molar-refractivity contribution in [1.29, 1.82) is 0 Å². The van der Waals surface area contributed by atoms with Gasteiger partial charge < -0.3 is 19.9 Å². The lowest BCUT2D eigenvalue weighted by Crippen LogP contribution is -2.24. The van der Waals surface area contributed by atoms with Gasteiger partial charge in [0.25, 0.3) is 5.91 Å². The van der Waals surface area contributed by atoms with Crippen LogP contribution in [0.25, 0.3) is 0 Å². The van der Waals surface area contributed by atoms with Gasteiger partial charge in [0.1, 0.15) is 11.6 Å². The third-order valence-electron chi connectivity index (χ3n) is 4.33. The highest BCUT2D eigenvalue weighted by atomic mass is 32.2. The Morgan fingerprint density at radius 1 is 1.16 bits per heavy atom. The Labute approximate surface area is 183 Å². The minimum atomic E-state index is -0.494. The number of carbonyl (C=O) groups excluding carboxylic acids is 2. The lowest BCUT2D eigenvalue weighted by molar-refractivity contribution is -0.113. The van der Waals surface area contributed by atoms with Crippen molar-refractivity contribution in [3.05, 3.63) is 65.7 Å². The number of para-hydroxylation sites is 1. The zero-order valence-electron chi connectivity index (χ0n) is 17.1. The molecular weight excluding hydrogens is 421 g/mol. The molecule has 3 aromatic rings. The molecule has 0 fully saturated rings. The molecule has 2 amide bonds. The van der Waals surface area contributed by atoms with Gasteiger partial charge >= 0.3 is 0 Å². The first-order chi connectivity index (χ1) is 15.0. The van der Waals surface area contributed by atoms with Crippen LogP contribution < -0.4 is 15.4 Å². The van der Waals surface area contributed by atoms with Gasteiger partial charge in [-0.3, -0.25) is 9.59 Å². The molecule has 0 aliphatic rings. The Hall–Kier alpha value is -3.40. The van der Waals surface area contributed by atoms with Crippen LogP contribution in [-0.4, -0.2) is 39.4 Å². The molecule has 0 aliphatic heterocycles. The van der Waals surface area contributed by atoms with Crippen LogP contribution in [-0.2, 0) is 17.9 Å². The van der Waals surface area contributed by atoms with Crippen LogP contribution in [0.5, 0.6) is 5.75 Å². The van der Waals surface area contributed by atoms with E-state index in [4.69, 9.17) is 4.74 Å². The molecule has 0 aliphatic carbocycles. The van der Waals surface area contributed by atoms with Crippen molar-refractivity contribution in [2.24, 2.45) is 0 Å². The second-order valence-corrected chi connectivity index (χ2v) is 7.32. The topological polar surface area (TPSA) is 98.1 Å². The zero-order valence-corrected chi connectivity index (χ0v) is 17.9. The summed E-state index contributed by atoms with van der Waals surface area (Å²) >= 11 is 1.19. The number of aromatic nitrogens is 3. The number of halogens is 1. The maximum atomic E-state index is 13.7. The van der Waals surface area contributed by atoms with E-state index in [9.17, 15) is 14.0 Å². The zero-order chi connectivity index (χ0) is 22.2. The average Bonchev–Trinajstić information content (AvgIpc) is 3.19. The van der Waals surface area contributed by atoms with E-state index in [0.717, 1.165) is 0 Å². The number of nitrogens with one attached hydrogen (secondary N) is 2. The number of ether oxygens (including phenoxy) is 1. The molecule has 3 rings (SSSR count). The van der Waals surface area contributed by atoms with Gasteiger partial charge in [-0.15, -0.1) is 10.2 Å². The van der Waals surface area contributed by atoms with Crippen molar-refractivity contribution in [3.63, 3.8) is 0 Å². The molecule has 162 valence electrons. The minimum Gasteiger partial charge on any atom is -0.497 e. The lowest BCUT2D eigenvalue weighted by atomic mass is 10.2. The highest BCUT2D eigenvalue weighted by Gasteiger charge is 2.15. The van der Waals surface area contributed by atoms with Gasteiger partial charge in [0.05, 0.1) is 25.1 Å². The molecule has 10 heteroatoms. The molecular formula is C21H22FN5O3S. The Balaban J connectivity index is 1.58. The van der Waals surface area contributed by atoms with E-state index in [-0.39, 0.29) is 29.8 Å². The van der Waals surface area contributed by atoms with E-state index in [0.29, 0.717) is 28.8 Å². The van der Waals surface area contributed by atoms with Gasteiger partial charge in [0, 0.05) is 12.1 Å². The van der Waals surface area contributed by atoms with Crippen molar-refractivity contribution >= 4 is 29.3 Å². The van der Waals surface area contributed by atoms with Crippen LogP contribution in [0.1, 0.15) is 23.1 Å². The summed E-state index contributed by atoms with van der Waals surface area (Å²) in [7, 11) is 1.54. The van der Waals surface area contributed by atoms with Crippen molar-refractivity contribution in [2.45, 2.75) is 25.2 Å². The number of carbonyl (C=O) groups is 2. The number of thioether (sulfide) groups is 1. The third kappa shape index (κ3) is 5.82. The van der Waals surface area contributed by atoms with Crippen molar-refractivity contribution in [2.75, 3.05) is 18.2 Å². The molecule has 0 unspecified atom stereocenters. The highest BCUT2D eigenvalue weighted by molar-refractivity contribution is 7.99. The molecule has 0 bridgehead atoms. The summed E-state index contributed by atoms with van der Waals surface area (Å²) in [4.78, 5) is 24.5. The van der Waals surface area contributed by atoms with Crippen LogP contribution in [0.2, 0.25) is 0 Å². The van der Waals surface area contributed by atoms with E-state index in [2.05, 4.69) is 20.8 Å². The Morgan fingerprint density at radius 3 is 2.71 bits per heavy atom. The van der Waals surface area contributed by atoms with E-state index in [1.165, 1.54) is 31.0 Å². The van der Waals surface area contributed by atoms with E-state index in [1.54, 1.807) is 36.4 Å². The molecule has 8 nitrogen and oxygen atoms in total. The molecule has 0 spiro atoms. The predicted molar refractivity (Wildman–Crippen MR) is 116 cm³/mol. The Bertz CT molecular complexity index is 1070. The molecule has 1 heterocycles. The number of rotatable bonds is 9. The maximum Gasteiger partial charge on any atom is 0.251 e. The van der Waals surface area contributed by atoms with Crippen molar-refractivity contribution < 1.29 is 18.7 Å². The SMILES string of the molecule is CCn1c(CNC(=O)c2cccc(OC)c2)nnc1SCC(=O)Nc1ccccc1F. The van der Waals surface area contributed by atoms with Crippen LogP contribution in [0.3, 0.4) is 0 Å². The van der Waals surface area contributed by atoms with Crippen LogP contribution in [0.15, 0.2) is 53.7 Å². The summed E-state index contributed by atoms with van der Waals surface area (Å²) in [6.45, 7) is 2.66. The fourth-order valence-electron chi connectivity index (χ4n) is 2.78. The van der Waals surface area contributed by atoms with Crippen LogP contribution in [0.4, 0.5) is 10.1 Å². The largest absolute Gasteiger partial charge is 0.497 e. The summed E-state index contributed by atoms with van der Waals surface area (Å²) in [5.41, 5.74) is 0.604. The standard InChI is InChI=1S/C21H22FN5O3S/c1-3-27-18(12-23-20(29)14-7-6-8-15(11-14)30-2)25-26-21(27)31-13-19(28)24-17-10-5-4-9-16(17)22/h4-11H,3,12-13H2,1-2H3,(H,23,29)(H,24,28). The quantitative estimate of drug-likeness (QED) is 0.493. The Kier molecular flexibility index (Phi) is 7.60. The summed E-state index contributed by atoms with van der Waals surface area (Å²) in [5.74, 6) is 0.0959. The summed E-state index contributed by atoms with van der Waals surface area (Å²) in [6, 6.07) is 12.8. The first-order valence-corrected chi connectivity index (χ1v) is 10.5. The second kappa shape index (κ2) is 10.6. The number of benzene rings is 2. The molecule has 1 aromatic heterocycles. The summed E-state index contributed by atoms with van der Waals surface area (Å²) < 4.78 is 20.6. The summed E-state index contributed by atoms with van der Waals surface area (Å²) in [6.07, 6.45) is 0. The molecule has 2 N–H and O–H groups in total. The molecule has 0 saturated heterocycles. The molecule has 2 aromatic carbocycles. The maximum absolute atomic E-state index is 13.7. The number of hydrogen-bond acceptors (Lipinski definition) is 6. The van der Waals surface area contributed by atoms with Gasteiger partial charge in [-0.2, -0.15) is 0 Å². The number of methoxy groups -OCH3 is 1. The number of anilines is 1. The lowest BCUT2D eigenvalue weighted by Gasteiger charge is -2.09. The Morgan fingerprint density at radius 2 is 1.97 bits per heavy atom. The number of nitrogens with zero attached hydrogens (tertiary/aromatic N) is 3. The molecule has 0 saturated carbocycles. The smallest absolute Gasteiger partial charge is 0.251 e. The van der Waals surface area contributed by atoms with Gasteiger partial charge in [-0.05, 0) is 37.3 Å². The van der Waals surface area contributed by atoms with Gasteiger partial charge in [0.15, 0.2) is 11.0 Å². The molecule has 31 heavy (non-hydrogen) atoms. The normalized spacial score (nSPS) is 10.5. The predicted octanol–water partition coefficient (Wildman–Crippen LogP) is 3.11. The highest BCUT2D eigenvalue weighted by Crippen LogP contribution is 2.19. The summed E-state index contributed by atoms with van der Waals surface area (Å²) in [5, 5.41) is 14.1. The fraction of sp³-hybridized carbons (Fsp3) is 0.238. The van der Waals surface area contributed by atoms with E-state index >= 15 is 0 Å². The fourth-order valence-corrected chi connectivity index (χ4v) is 3.60. The minimum absolute atomic E-state index is 0.0443. The third-order valence-corrected chi connectivity index (χ3v) is 5.30. The van der Waals surface area contributed by atoms with Crippen molar-refractivity contribution in [1.82, 2.24) is 20.1 Å². The van der Waals surface area contributed by atoms with Gasteiger partial charge in [0.2, 0.25) is 5.91 Å². The van der Waals surface area contributed by atoms with Gasteiger partial charge in [-0.25, -0.2) is 4.39 Å². The average molecular weight is 444 g/mol. The second-order valence-electron chi connectivity index (χ2n) is 6.37. The number of hydrogen-bond donors (Lipinski definition) is 2. The molecule has 0 atom stereocenters. The first-order valence-electron chi connectivity index (χ1n) is 9.53. The van der Waals surface area contributed by atoms with E-state index < -0.39 is 5.82 Å². The first kappa shape index (κ1) is 22.3. The van der Waals surface area contributed by atoms with Crippen LogP contribution in [0, 0.1) is 5.82 Å². The number of amides is 2. The van der Waals surface area contributed by atoms with E-state index in [1.807, 2.05) is 11.5 Å². The van der Waals surface area contributed by atoms with Crippen molar-refractivity contribution in [3.8, 4) is 5.75 Å². The van der Waals surface area contributed by atoms with Crippen LogP contribution >= 0.6 is 11.8 Å². The monoisotopic (exact) mass is 443 g/mol. The molecule has 0 radical (unpaired) electrons. The van der Waals surface area contributed by atoms with Gasteiger partial charge in [-0.1, -0.05) is 30.0 Å².